The van der Waals surface area contributed by atoms with Gasteiger partial charge in [-0.2, -0.15) is 0 Å². The van der Waals surface area contributed by atoms with Crippen molar-refractivity contribution in [3.63, 3.8) is 0 Å². The molecule has 278 valence electrons. The summed E-state index contributed by atoms with van der Waals surface area (Å²) in [5.74, 6) is 0. The van der Waals surface area contributed by atoms with Gasteiger partial charge in [-0.3, -0.25) is 0 Å². The predicted octanol–water partition coefficient (Wildman–Crippen LogP) is 16.6. The predicted molar refractivity (Wildman–Crippen MR) is 255 cm³/mol. The molecule has 0 aliphatic heterocycles. The van der Waals surface area contributed by atoms with E-state index in [2.05, 4.69) is 219 Å². The molecule has 2 heteroatoms. The second-order valence-corrected chi connectivity index (χ2v) is 17.6. The van der Waals surface area contributed by atoms with Crippen LogP contribution >= 0.6 is 11.3 Å². The molecular formula is C57H39NS. The van der Waals surface area contributed by atoms with Crippen molar-refractivity contribution in [2.24, 2.45) is 0 Å². The highest BCUT2D eigenvalue weighted by molar-refractivity contribution is 7.25. The van der Waals surface area contributed by atoms with E-state index in [1.165, 1.54) is 97.0 Å². The van der Waals surface area contributed by atoms with Gasteiger partial charge in [0.2, 0.25) is 0 Å². The van der Waals surface area contributed by atoms with Gasteiger partial charge in [-0.1, -0.05) is 166 Å². The minimum Gasteiger partial charge on any atom is -0.310 e. The summed E-state index contributed by atoms with van der Waals surface area (Å²) >= 11 is 1.88. The molecule has 1 aromatic heterocycles. The van der Waals surface area contributed by atoms with Crippen molar-refractivity contribution in [2.75, 3.05) is 4.90 Å². The standard InChI is InChI=1S/C57H39NS/c1-57(2)51-23-11-9-20-46(51)47-31-29-41(35-52(47)57)58(40-28-26-36-14-3-4-15-37(36)32-40)53-24-13-22-43(39-27-30-49-48-21-10-12-25-54(48)59-55(49)34-39)56(53)50-33-38-16-5-6-17-42(38)44-18-7-8-19-45(44)50/h3-35H,1-2H3. The topological polar surface area (TPSA) is 3.24 Å². The van der Waals surface area contributed by atoms with Gasteiger partial charge in [0.1, 0.15) is 0 Å². The zero-order chi connectivity index (χ0) is 39.2. The summed E-state index contributed by atoms with van der Waals surface area (Å²) in [6.07, 6.45) is 0. The van der Waals surface area contributed by atoms with E-state index in [0.29, 0.717) is 0 Å². The van der Waals surface area contributed by atoms with Gasteiger partial charge in [-0.25, -0.2) is 0 Å². The molecule has 0 amide bonds. The fraction of sp³-hybridized carbons (Fsp3) is 0.0526. The van der Waals surface area contributed by atoms with Crippen LogP contribution in [0.5, 0.6) is 0 Å². The first-order valence-electron chi connectivity index (χ1n) is 20.5. The first-order chi connectivity index (χ1) is 29.0. The minimum absolute atomic E-state index is 0.143. The lowest BCUT2D eigenvalue weighted by atomic mass is 9.82. The van der Waals surface area contributed by atoms with E-state index >= 15 is 0 Å². The summed E-state index contributed by atoms with van der Waals surface area (Å²) in [5.41, 5.74) is 13.5. The quantitative estimate of drug-likeness (QED) is 0.158. The maximum absolute atomic E-state index is 2.52. The largest absolute Gasteiger partial charge is 0.310 e. The monoisotopic (exact) mass is 769 g/mol. The van der Waals surface area contributed by atoms with Crippen molar-refractivity contribution in [2.45, 2.75) is 19.3 Å². The maximum Gasteiger partial charge on any atom is 0.0546 e. The Labute approximate surface area is 348 Å². The van der Waals surface area contributed by atoms with Crippen LogP contribution in [0, 0.1) is 0 Å². The first kappa shape index (κ1) is 34.1. The molecule has 10 aromatic carbocycles. The maximum atomic E-state index is 2.52. The van der Waals surface area contributed by atoms with E-state index in [0.717, 1.165) is 17.1 Å². The molecule has 11 aromatic rings. The number of hydrogen-bond acceptors (Lipinski definition) is 2. The van der Waals surface area contributed by atoms with Crippen molar-refractivity contribution in [3.05, 3.63) is 211 Å². The van der Waals surface area contributed by atoms with Crippen LogP contribution in [0.3, 0.4) is 0 Å². The van der Waals surface area contributed by atoms with Crippen LogP contribution in [0.25, 0.3) is 85.9 Å². The molecule has 0 radical (unpaired) electrons. The molecular weight excluding hydrogens is 731 g/mol. The van der Waals surface area contributed by atoms with Crippen LogP contribution in [-0.2, 0) is 5.41 Å². The van der Waals surface area contributed by atoms with E-state index in [4.69, 9.17) is 0 Å². The second-order valence-electron chi connectivity index (χ2n) is 16.5. The van der Waals surface area contributed by atoms with Gasteiger partial charge < -0.3 is 4.90 Å². The van der Waals surface area contributed by atoms with Gasteiger partial charge in [-0.15, -0.1) is 11.3 Å². The number of hydrogen-bond donors (Lipinski definition) is 0. The first-order valence-corrected chi connectivity index (χ1v) is 21.3. The van der Waals surface area contributed by atoms with Gasteiger partial charge in [-0.05, 0) is 120 Å². The van der Waals surface area contributed by atoms with E-state index in [-0.39, 0.29) is 5.41 Å². The molecule has 0 fully saturated rings. The van der Waals surface area contributed by atoms with E-state index in [1.54, 1.807) is 0 Å². The van der Waals surface area contributed by atoms with Crippen LogP contribution in [0.15, 0.2) is 200 Å². The number of fused-ring (bicyclic) bond motifs is 10. The van der Waals surface area contributed by atoms with Crippen LogP contribution < -0.4 is 4.90 Å². The average molecular weight is 770 g/mol. The molecule has 0 saturated heterocycles. The summed E-state index contributed by atoms with van der Waals surface area (Å²) in [5, 5.41) is 10.1. The van der Waals surface area contributed by atoms with Gasteiger partial charge in [0.25, 0.3) is 0 Å². The average Bonchev–Trinajstić information content (AvgIpc) is 3.77. The molecule has 1 heterocycles. The van der Waals surface area contributed by atoms with E-state index in [1.807, 2.05) is 11.3 Å². The van der Waals surface area contributed by atoms with Crippen molar-refractivity contribution >= 4 is 80.9 Å². The lowest BCUT2D eigenvalue weighted by Gasteiger charge is -2.31. The van der Waals surface area contributed by atoms with Gasteiger partial charge in [0.15, 0.2) is 0 Å². The molecule has 0 unspecified atom stereocenters. The third-order valence-electron chi connectivity index (χ3n) is 12.8. The lowest BCUT2D eigenvalue weighted by molar-refractivity contribution is 0.660. The number of rotatable bonds is 5. The molecule has 0 spiro atoms. The molecule has 12 rings (SSSR count). The zero-order valence-corrected chi connectivity index (χ0v) is 33.7. The van der Waals surface area contributed by atoms with Crippen LogP contribution in [0.2, 0.25) is 0 Å². The fourth-order valence-corrected chi connectivity index (χ4v) is 11.1. The Morgan fingerprint density at radius 3 is 1.90 bits per heavy atom. The van der Waals surface area contributed by atoms with Gasteiger partial charge in [0, 0.05) is 42.5 Å². The Morgan fingerprint density at radius 1 is 0.373 bits per heavy atom. The highest BCUT2D eigenvalue weighted by atomic mass is 32.1. The molecule has 1 aliphatic rings. The van der Waals surface area contributed by atoms with Crippen molar-refractivity contribution < 1.29 is 0 Å². The Bertz CT molecular complexity index is 3500. The smallest absolute Gasteiger partial charge is 0.0546 e. The Hall–Kier alpha value is -7.00. The number of thiophene rings is 1. The molecule has 0 atom stereocenters. The number of anilines is 3. The highest BCUT2D eigenvalue weighted by Crippen LogP contribution is 2.53. The zero-order valence-electron chi connectivity index (χ0n) is 32.9. The van der Waals surface area contributed by atoms with E-state index < -0.39 is 0 Å². The molecule has 59 heavy (non-hydrogen) atoms. The molecule has 1 nitrogen and oxygen atoms in total. The third-order valence-corrected chi connectivity index (χ3v) is 14.0. The minimum atomic E-state index is -0.143. The second kappa shape index (κ2) is 13.0. The highest BCUT2D eigenvalue weighted by Gasteiger charge is 2.36. The molecule has 0 bridgehead atoms. The van der Waals surface area contributed by atoms with Crippen molar-refractivity contribution in [1.82, 2.24) is 0 Å². The molecule has 1 aliphatic carbocycles. The van der Waals surface area contributed by atoms with Crippen LogP contribution in [-0.4, -0.2) is 0 Å². The Kier molecular flexibility index (Phi) is 7.51. The number of nitrogens with zero attached hydrogens (tertiary/aromatic N) is 1. The van der Waals surface area contributed by atoms with Gasteiger partial charge >= 0.3 is 0 Å². The van der Waals surface area contributed by atoms with Crippen molar-refractivity contribution in [3.8, 4) is 33.4 Å². The summed E-state index contributed by atoms with van der Waals surface area (Å²) in [4.78, 5) is 2.52. The normalized spacial score (nSPS) is 13.1. The summed E-state index contributed by atoms with van der Waals surface area (Å²) in [6, 6.07) is 74.7. The lowest BCUT2D eigenvalue weighted by Crippen LogP contribution is -2.17. The Morgan fingerprint density at radius 2 is 1.02 bits per heavy atom. The van der Waals surface area contributed by atoms with E-state index in [9.17, 15) is 0 Å². The SMILES string of the molecule is CC1(C)c2ccccc2-c2ccc(N(c3ccc4ccccc4c3)c3cccc(-c4ccc5c(c4)sc4ccccc45)c3-c3cc4ccccc4c4ccccc34)cc21. The third kappa shape index (κ3) is 5.23. The number of benzene rings is 10. The van der Waals surface area contributed by atoms with Crippen LogP contribution in [0.1, 0.15) is 25.0 Å². The Balaban J connectivity index is 1.18. The summed E-state index contributed by atoms with van der Waals surface area (Å²) < 4.78 is 2.62. The molecule has 0 N–H and O–H groups in total. The van der Waals surface area contributed by atoms with Gasteiger partial charge in [0.05, 0.1) is 5.69 Å². The molecule has 0 saturated carbocycles. The summed E-state index contributed by atoms with van der Waals surface area (Å²) in [7, 11) is 0. The fourth-order valence-electron chi connectivity index (χ4n) is 9.98. The summed E-state index contributed by atoms with van der Waals surface area (Å²) in [6.45, 7) is 4.75. The van der Waals surface area contributed by atoms with Crippen LogP contribution in [0.4, 0.5) is 17.1 Å². The van der Waals surface area contributed by atoms with Crippen molar-refractivity contribution in [1.29, 1.82) is 0 Å².